The van der Waals surface area contributed by atoms with Gasteiger partial charge in [-0.05, 0) is 12.1 Å². The molecule has 0 bridgehead atoms. The summed E-state index contributed by atoms with van der Waals surface area (Å²) in [4.78, 5) is 23.3. The highest BCUT2D eigenvalue weighted by Gasteiger charge is 2.49. The molecule has 0 aliphatic carbocycles. The molecule has 20 heavy (non-hydrogen) atoms. The number of fused-ring (bicyclic) bond motifs is 1. The van der Waals surface area contributed by atoms with E-state index in [9.17, 15) is 23.3 Å². The van der Waals surface area contributed by atoms with Gasteiger partial charge in [0.2, 0.25) is 0 Å². The lowest BCUT2D eigenvalue weighted by Gasteiger charge is -2.21. The number of hydrogen-bond acceptors (Lipinski definition) is 5. The summed E-state index contributed by atoms with van der Waals surface area (Å²) in [6.45, 7) is 0. The van der Waals surface area contributed by atoms with Crippen LogP contribution in [0.25, 0.3) is 0 Å². The molecule has 106 valence electrons. The van der Waals surface area contributed by atoms with Gasteiger partial charge in [0.15, 0.2) is 9.84 Å². The van der Waals surface area contributed by atoms with E-state index in [1.165, 1.54) is 29.2 Å². The summed E-state index contributed by atoms with van der Waals surface area (Å²) in [5.41, 5.74) is 0.377. The molecule has 0 saturated carbocycles. The molecule has 0 aromatic heterocycles. The Morgan fingerprint density at radius 2 is 1.90 bits per heavy atom. The molecule has 1 aromatic rings. The molecule has 1 aromatic carbocycles. The summed E-state index contributed by atoms with van der Waals surface area (Å²) in [6, 6.07) is 4.25. The summed E-state index contributed by atoms with van der Waals surface area (Å²) in [5.74, 6) is -0.152. The van der Waals surface area contributed by atoms with Gasteiger partial charge in [-0.2, -0.15) is 0 Å². The molecular formula is C11H11N3O5S. The lowest BCUT2D eigenvalue weighted by molar-refractivity contribution is -0.384. The van der Waals surface area contributed by atoms with Crippen LogP contribution in [0, 0.1) is 10.1 Å². The number of urea groups is 1. The molecule has 0 radical (unpaired) electrons. The van der Waals surface area contributed by atoms with Crippen molar-refractivity contribution in [3.8, 4) is 0 Å². The van der Waals surface area contributed by atoms with Crippen LogP contribution in [0.15, 0.2) is 24.3 Å². The van der Waals surface area contributed by atoms with E-state index < -0.39 is 26.8 Å². The summed E-state index contributed by atoms with van der Waals surface area (Å²) in [7, 11) is -3.16. The zero-order valence-electron chi connectivity index (χ0n) is 10.2. The average Bonchev–Trinajstić information content (AvgIpc) is 2.79. The summed E-state index contributed by atoms with van der Waals surface area (Å²) >= 11 is 0. The Labute approximate surface area is 114 Å². The van der Waals surface area contributed by atoms with E-state index in [4.69, 9.17) is 0 Å². The number of rotatable bonds is 2. The number of nitro groups is 1. The SMILES string of the molecule is O=C1N[C@@H]2CS(=O)(=O)C[C@H]2N1c1ccc([N+](=O)[O-])cc1. The standard InChI is InChI=1S/C11H11N3O5S/c15-11-12-9-5-20(18,19)6-10(9)13(11)7-1-3-8(4-2-7)14(16)17/h1-4,9-10H,5-6H2,(H,12,15)/t9-,10-/m1/s1. The van der Waals surface area contributed by atoms with Crippen molar-refractivity contribution >= 4 is 27.2 Å². The number of nitro benzene ring substituents is 1. The Morgan fingerprint density at radius 1 is 1.25 bits per heavy atom. The number of hydrogen-bond donors (Lipinski definition) is 1. The third-order valence-electron chi connectivity index (χ3n) is 3.52. The smallest absolute Gasteiger partial charge is 0.322 e. The van der Waals surface area contributed by atoms with Crippen molar-refractivity contribution < 1.29 is 18.1 Å². The molecule has 2 aliphatic heterocycles. The maximum atomic E-state index is 11.9. The molecule has 8 nitrogen and oxygen atoms in total. The van der Waals surface area contributed by atoms with Crippen molar-refractivity contribution in [2.75, 3.05) is 16.4 Å². The minimum atomic E-state index is -3.16. The lowest BCUT2D eigenvalue weighted by atomic mass is 10.1. The van der Waals surface area contributed by atoms with E-state index in [0.29, 0.717) is 5.69 Å². The molecular weight excluding hydrogens is 286 g/mol. The molecule has 2 atom stereocenters. The zero-order chi connectivity index (χ0) is 14.5. The fraction of sp³-hybridized carbons (Fsp3) is 0.364. The molecule has 2 aliphatic rings. The van der Waals surface area contributed by atoms with Gasteiger partial charge in [-0.3, -0.25) is 15.0 Å². The summed E-state index contributed by atoms with van der Waals surface area (Å²) in [6.07, 6.45) is 0. The first-order valence-corrected chi connectivity index (χ1v) is 7.74. The number of sulfone groups is 1. The third kappa shape index (κ3) is 1.99. The first-order valence-electron chi connectivity index (χ1n) is 5.92. The van der Waals surface area contributed by atoms with Gasteiger partial charge in [-0.25, -0.2) is 13.2 Å². The Bertz CT molecular complexity index is 685. The van der Waals surface area contributed by atoms with E-state index in [2.05, 4.69) is 5.32 Å². The highest BCUT2D eigenvalue weighted by molar-refractivity contribution is 7.91. The number of anilines is 1. The second-order valence-corrected chi connectivity index (χ2v) is 7.00. The van der Waals surface area contributed by atoms with E-state index in [0.717, 1.165) is 0 Å². The average molecular weight is 297 g/mol. The summed E-state index contributed by atoms with van der Waals surface area (Å²) in [5, 5.41) is 13.2. The van der Waals surface area contributed by atoms with Gasteiger partial charge < -0.3 is 5.32 Å². The van der Waals surface area contributed by atoms with Crippen molar-refractivity contribution in [2.24, 2.45) is 0 Å². The van der Waals surface area contributed by atoms with Crippen LogP contribution in [-0.2, 0) is 9.84 Å². The highest BCUT2D eigenvalue weighted by Crippen LogP contribution is 2.30. The van der Waals surface area contributed by atoms with Crippen molar-refractivity contribution in [1.82, 2.24) is 5.32 Å². The van der Waals surface area contributed by atoms with Gasteiger partial charge in [-0.15, -0.1) is 0 Å². The molecule has 2 saturated heterocycles. The minimum absolute atomic E-state index is 0.0626. The molecule has 2 heterocycles. The second kappa shape index (κ2) is 4.17. The number of nitrogens with one attached hydrogen (secondary N) is 1. The lowest BCUT2D eigenvalue weighted by Crippen LogP contribution is -2.36. The number of amides is 2. The van der Waals surface area contributed by atoms with Crippen molar-refractivity contribution in [3.63, 3.8) is 0 Å². The quantitative estimate of drug-likeness (QED) is 0.479. The first kappa shape index (κ1) is 12.9. The van der Waals surface area contributed by atoms with Crippen LogP contribution >= 0.6 is 0 Å². The Balaban J connectivity index is 1.93. The fourth-order valence-corrected chi connectivity index (χ4v) is 4.53. The monoisotopic (exact) mass is 297 g/mol. The topological polar surface area (TPSA) is 110 Å². The molecule has 2 fully saturated rings. The maximum Gasteiger partial charge on any atom is 0.322 e. The van der Waals surface area contributed by atoms with Gasteiger partial charge >= 0.3 is 6.03 Å². The Morgan fingerprint density at radius 3 is 2.50 bits per heavy atom. The number of non-ortho nitro benzene ring substituents is 1. The second-order valence-electron chi connectivity index (χ2n) is 4.84. The van der Waals surface area contributed by atoms with Crippen LogP contribution in [0.2, 0.25) is 0 Å². The number of benzene rings is 1. The molecule has 3 rings (SSSR count). The molecule has 9 heteroatoms. The zero-order valence-corrected chi connectivity index (χ0v) is 11.0. The van der Waals surface area contributed by atoms with Gasteiger partial charge in [-0.1, -0.05) is 0 Å². The Hall–Kier alpha value is -2.16. The van der Waals surface area contributed by atoms with Crippen LogP contribution in [0.5, 0.6) is 0 Å². The van der Waals surface area contributed by atoms with Gasteiger partial charge in [0, 0.05) is 17.8 Å². The van der Waals surface area contributed by atoms with Crippen LogP contribution in [0.1, 0.15) is 0 Å². The number of carbonyl (C=O) groups is 1. The predicted molar refractivity (Wildman–Crippen MR) is 70.3 cm³/mol. The molecule has 0 spiro atoms. The van der Waals surface area contributed by atoms with Crippen LogP contribution in [0.3, 0.4) is 0 Å². The Kier molecular flexibility index (Phi) is 2.68. The number of nitrogens with zero attached hydrogens (tertiary/aromatic N) is 2. The fourth-order valence-electron chi connectivity index (χ4n) is 2.64. The van der Waals surface area contributed by atoms with Crippen molar-refractivity contribution in [2.45, 2.75) is 12.1 Å². The van der Waals surface area contributed by atoms with Crippen LogP contribution in [0.4, 0.5) is 16.2 Å². The van der Waals surface area contributed by atoms with E-state index in [1.807, 2.05) is 0 Å². The third-order valence-corrected chi connectivity index (χ3v) is 5.24. The van der Waals surface area contributed by atoms with E-state index in [-0.39, 0.29) is 23.2 Å². The number of carbonyl (C=O) groups excluding carboxylic acids is 1. The normalized spacial score (nSPS) is 27.2. The molecule has 2 amide bonds. The first-order chi connectivity index (χ1) is 9.37. The van der Waals surface area contributed by atoms with Crippen LogP contribution in [-0.4, -0.2) is 43.0 Å². The van der Waals surface area contributed by atoms with E-state index in [1.54, 1.807) is 0 Å². The minimum Gasteiger partial charge on any atom is -0.332 e. The predicted octanol–water partition coefficient (Wildman–Crippen LogP) is 0.290. The molecule has 1 N–H and O–H groups in total. The maximum absolute atomic E-state index is 11.9. The van der Waals surface area contributed by atoms with Crippen molar-refractivity contribution in [1.29, 1.82) is 0 Å². The van der Waals surface area contributed by atoms with Gasteiger partial charge in [0.05, 0.1) is 28.5 Å². The molecule has 0 unspecified atom stereocenters. The van der Waals surface area contributed by atoms with Gasteiger partial charge in [0.1, 0.15) is 0 Å². The summed E-state index contributed by atoms with van der Waals surface area (Å²) < 4.78 is 23.2. The highest BCUT2D eigenvalue weighted by atomic mass is 32.2. The van der Waals surface area contributed by atoms with Crippen LogP contribution < -0.4 is 10.2 Å². The van der Waals surface area contributed by atoms with Gasteiger partial charge in [0.25, 0.3) is 5.69 Å². The van der Waals surface area contributed by atoms with E-state index >= 15 is 0 Å². The van der Waals surface area contributed by atoms with Crippen molar-refractivity contribution in [3.05, 3.63) is 34.4 Å². The largest absolute Gasteiger partial charge is 0.332 e.